The Balaban J connectivity index is 1.28. The minimum Gasteiger partial charge on any atom is -0.496 e. The van der Waals surface area contributed by atoms with E-state index in [1.165, 1.54) is 24.5 Å². The number of nitrogens with two attached hydrogens (primary N) is 1. The lowest BCUT2D eigenvalue weighted by molar-refractivity contribution is -0.00109. The van der Waals surface area contributed by atoms with Crippen LogP contribution in [0.5, 0.6) is 5.75 Å². The Hall–Kier alpha value is -2.33. The fourth-order valence-electron chi connectivity index (χ4n) is 4.95. The monoisotopic (exact) mass is 520 g/mol. The fourth-order valence-corrected chi connectivity index (χ4v) is 5.81. The third kappa shape index (κ3) is 6.09. The zero-order chi connectivity index (χ0) is 24.9. The van der Waals surface area contributed by atoms with Crippen LogP contribution in [0.1, 0.15) is 39.3 Å². The van der Waals surface area contributed by atoms with E-state index in [2.05, 4.69) is 10.2 Å². The summed E-state index contributed by atoms with van der Waals surface area (Å²) in [6.07, 6.45) is 2.67. The molecule has 2 aliphatic rings. The van der Waals surface area contributed by atoms with Crippen LogP contribution >= 0.6 is 22.9 Å². The second-order valence-electron chi connectivity index (χ2n) is 9.19. The number of thiophene rings is 1. The Morgan fingerprint density at radius 3 is 2.63 bits per heavy atom. The number of piperidine rings is 2. The molecule has 10 heteroatoms. The van der Waals surface area contributed by atoms with Crippen LogP contribution in [-0.2, 0) is 4.74 Å². The van der Waals surface area contributed by atoms with Gasteiger partial charge >= 0.3 is 0 Å². The fraction of sp³-hybridized carbons (Fsp3) is 0.520. The van der Waals surface area contributed by atoms with E-state index in [-0.39, 0.29) is 24.0 Å². The van der Waals surface area contributed by atoms with Gasteiger partial charge in [0.15, 0.2) is 0 Å². The molecular weight excluding hydrogens is 488 g/mol. The molecule has 1 aromatic carbocycles. The Bertz CT molecular complexity index is 1030. The Morgan fingerprint density at radius 1 is 1.20 bits per heavy atom. The summed E-state index contributed by atoms with van der Waals surface area (Å²) in [6.45, 7) is 4.19. The molecule has 0 saturated carbocycles. The average Bonchev–Trinajstić information content (AvgIpc) is 3.41. The van der Waals surface area contributed by atoms with Crippen molar-refractivity contribution in [2.45, 2.75) is 31.4 Å². The summed E-state index contributed by atoms with van der Waals surface area (Å²) < 4.78 is 11.1. The molecule has 35 heavy (non-hydrogen) atoms. The van der Waals surface area contributed by atoms with Crippen molar-refractivity contribution < 1.29 is 19.1 Å². The number of hydrogen-bond acceptors (Lipinski definition) is 7. The minimum absolute atomic E-state index is 0.116. The maximum absolute atomic E-state index is 13.0. The van der Waals surface area contributed by atoms with Crippen LogP contribution in [0.4, 0.5) is 5.69 Å². The number of nitrogens with zero attached hydrogens (tertiary/aromatic N) is 2. The van der Waals surface area contributed by atoms with Crippen LogP contribution in [-0.4, -0.2) is 80.7 Å². The summed E-state index contributed by atoms with van der Waals surface area (Å²) in [5, 5.41) is 5.36. The van der Waals surface area contributed by atoms with Gasteiger partial charge in [0.25, 0.3) is 11.8 Å². The van der Waals surface area contributed by atoms with E-state index in [4.69, 9.17) is 26.8 Å². The smallest absolute Gasteiger partial charge is 0.263 e. The highest BCUT2D eigenvalue weighted by Gasteiger charge is 2.33. The molecule has 2 aliphatic heterocycles. The molecule has 0 spiro atoms. The molecule has 1 aromatic heterocycles. The number of rotatable bonds is 7. The van der Waals surface area contributed by atoms with E-state index >= 15 is 0 Å². The van der Waals surface area contributed by atoms with Crippen LogP contribution in [0.25, 0.3) is 0 Å². The topological polar surface area (TPSA) is 97.1 Å². The Labute approximate surface area is 215 Å². The number of benzene rings is 1. The molecular formula is C25H33ClN4O4S. The first-order valence-electron chi connectivity index (χ1n) is 11.9. The van der Waals surface area contributed by atoms with Crippen molar-refractivity contribution >= 4 is 40.4 Å². The highest BCUT2D eigenvalue weighted by Crippen LogP contribution is 2.29. The molecule has 2 fully saturated rings. The van der Waals surface area contributed by atoms with Gasteiger partial charge in [0.1, 0.15) is 5.75 Å². The van der Waals surface area contributed by atoms with Crippen molar-refractivity contribution in [1.82, 2.24) is 15.1 Å². The summed E-state index contributed by atoms with van der Waals surface area (Å²) in [6, 6.07) is 6.80. The number of carbonyl (C=O) groups excluding carboxylic acids is 2. The lowest BCUT2D eigenvalue weighted by atomic mass is 9.93. The number of likely N-dealkylation sites (tertiary alicyclic amines) is 2. The summed E-state index contributed by atoms with van der Waals surface area (Å²) in [5.74, 6) is 0.826. The van der Waals surface area contributed by atoms with Gasteiger partial charge in [-0.05, 0) is 42.7 Å². The Kier molecular flexibility index (Phi) is 8.54. The molecule has 190 valence electrons. The first-order valence-corrected chi connectivity index (χ1v) is 13.2. The van der Waals surface area contributed by atoms with Gasteiger partial charge < -0.3 is 30.3 Å². The number of hydrogen-bond donors (Lipinski definition) is 2. The second kappa shape index (κ2) is 11.6. The first-order chi connectivity index (χ1) is 16.9. The summed E-state index contributed by atoms with van der Waals surface area (Å²) in [4.78, 5) is 30.8. The van der Waals surface area contributed by atoms with Crippen LogP contribution in [0, 0.1) is 5.92 Å². The predicted molar refractivity (Wildman–Crippen MR) is 138 cm³/mol. The van der Waals surface area contributed by atoms with Gasteiger partial charge in [-0.15, -0.1) is 11.3 Å². The molecule has 0 unspecified atom stereocenters. The molecule has 8 nitrogen and oxygen atoms in total. The third-order valence-electron chi connectivity index (χ3n) is 6.98. The van der Waals surface area contributed by atoms with Crippen molar-refractivity contribution in [1.29, 1.82) is 0 Å². The average molecular weight is 521 g/mol. The van der Waals surface area contributed by atoms with E-state index in [0.717, 1.165) is 56.9 Å². The van der Waals surface area contributed by atoms with Crippen LogP contribution < -0.4 is 15.8 Å². The first kappa shape index (κ1) is 25.8. The van der Waals surface area contributed by atoms with Gasteiger partial charge in [-0.1, -0.05) is 17.7 Å². The molecule has 3 N–H and O–H groups in total. The maximum Gasteiger partial charge on any atom is 0.263 e. The van der Waals surface area contributed by atoms with Crippen LogP contribution in [0.2, 0.25) is 5.02 Å². The predicted octanol–water partition coefficient (Wildman–Crippen LogP) is 3.36. The number of ether oxygens (including phenoxy) is 2. The van der Waals surface area contributed by atoms with E-state index in [1.807, 2.05) is 22.4 Å². The summed E-state index contributed by atoms with van der Waals surface area (Å²) >= 11 is 7.64. The van der Waals surface area contributed by atoms with Gasteiger partial charge in [0.2, 0.25) is 0 Å². The molecule has 3 heterocycles. The summed E-state index contributed by atoms with van der Waals surface area (Å²) in [7, 11) is 3.18. The molecule has 2 atom stereocenters. The number of carbonyl (C=O) groups is 2. The minimum atomic E-state index is -0.257. The molecule has 2 aromatic rings. The normalized spacial score (nSPS) is 21.6. The molecule has 0 radical (unpaired) electrons. The van der Waals surface area contributed by atoms with E-state index in [1.54, 1.807) is 13.2 Å². The van der Waals surface area contributed by atoms with Gasteiger partial charge in [0.05, 0.1) is 40.4 Å². The number of amides is 2. The zero-order valence-corrected chi connectivity index (χ0v) is 21.7. The highest BCUT2D eigenvalue weighted by molar-refractivity contribution is 7.12. The highest BCUT2D eigenvalue weighted by atomic mass is 35.5. The third-order valence-corrected chi connectivity index (χ3v) is 8.16. The van der Waals surface area contributed by atoms with E-state index in [9.17, 15) is 9.59 Å². The molecule has 2 saturated heterocycles. The number of anilines is 1. The quantitative estimate of drug-likeness (QED) is 0.543. The van der Waals surface area contributed by atoms with Crippen molar-refractivity contribution in [2.75, 3.05) is 52.7 Å². The zero-order valence-electron chi connectivity index (χ0n) is 20.2. The van der Waals surface area contributed by atoms with E-state index < -0.39 is 0 Å². The van der Waals surface area contributed by atoms with Crippen molar-refractivity contribution in [3.8, 4) is 5.75 Å². The van der Waals surface area contributed by atoms with Crippen LogP contribution in [0.15, 0.2) is 29.6 Å². The largest absolute Gasteiger partial charge is 0.496 e. The van der Waals surface area contributed by atoms with Crippen molar-refractivity contribution in [3.05, 3.63) is 45.1 Å². The second-order valence-corrected chi connectivity index (χ2v) is 10.5. The number of nitrogen functional groups attached to an aromatic ring is 1. The standard InChI is InChI=1S/C25H33ClN4O4S/c1-33-21-13-19(27)18(26)12-17(21)24(31)28-20-7-8-29(15-22(20)34-2)14-16-5-9-30(10-6-16)25(32)23-4-3-11-35-23/h3-4,11-13,16,20,22H,5-10,14-15,27H2,1-2H3,(H,28,31)/t20-,22+/m1/s1. The van der Waals surface area contributed by atoms with E-state index in [0.29, 0.717) is 27.9 Å². The Morgan fingerprint density at radius 2 is 1.97 bits per heavy atom. The lowest BCUT2D eigenvalue weighted by Crippen LogP contribution is -2.55. The van der Waals surface area contributed by atoms with Crippen LogP contribution in [0.3, 0.4) is 0 Å². The number of nitrogens with one attached hydrogen (secondary N) is 1. The molecule has 4 rings (SSSR count). The maximum atomic E-state index is 13.0. The van der Waals surface area contributed by atoms with Crippen molar-refractivity contribution in [3.63, 3.8) is 0 Å². The SMILES string of the molecule is COc1cc(N)c(Cl)cc1C(=O)N[C@@H]1CCN(CC2CCN(C(=O)c3cccs3)CC2)C[C@@H]1OC. The van der Waals surface area contributed by atoms with Gasteiger partial charge in [0, 0.05) is 45.9 Å². The molecule has 2 amide bonds. The molecule has 0 aliphatic carbocycles. The number of halogens is 1. The van der Waals surface area contributed by atoms with Gasteiger partial charge in [-0.2, -0.15) is 0 Å². The van der Waals surface area contributed by atoms with Gasteiger partial charge in [-0.3, -0.25) is 9.59 Å². The van der Waals surface area contributed by atoms with Gasteiger partial charge in [-0.25, -0.2) is 0 Å². The van der Waals surface area contributed by atoms with Crippen molar-refractivity contribution in [2.24, 2.45) is 5.92 Å². The lowest BCUT2D eigenvalue weighted by Gasteiger charge is -2.41. The molecule has 0 bridgehead atoms. The number of methoxy groups -OCH3 is 2. The summed E-state index contributed by atoms with van der Waals surface area (Å²) in [5.41, 5.74) is 6.56.